The number of rotatable bonds is 7. The van der Waals surface area contributed by atoms with Gasteiger partial charge in [-0.3, -0.25) is 0 Å². The lowest BCUT2D eigenvalue weighted by atomic mass is 10.0. The summed E-state index contributed by atoms with van der Waals surface area (Å²) in [5.74, 6) is -0.201. The second kappa shape index (κ2) is 9.31. The number of carboxylic acids is 1. The molecule has 1 aliphatic heterocycles. The van der Waals surface area contributed by atoms with E-state index in [1.165, 1.54) is 9.79 Å². The molecule has 0 saturated carbocycles. The van der Waals surface area contributed by atoms with Crippen LogP contribution < -0.4 is 4.90 Å². The number of nitrogens with zero attached hydrogens (tertiary/aromatic N) is 1. The molecule has 2 heterocycles. The van der Waals surface area contributed by atoms with Crippen molar-refractivity contribution in [1.82, 2.24) is 0 Å². The minimum Gasteiger partial charge on any atom is -0.487 e. The number of para-hydroxylation sites is 2. The molecule has 1 aromatic heterocycles. The van der Waals surface area contributed by atoms with E-state index in [1.54, 1.807) is 18.7 Å². The maximum atomic E-state index is 11.7. The highest BCUT2D eigenvalue weighted by molar-refractivity contribution is 7.99. The van der Waals surface area contributed by atoms with Crippen molar-refractivity contribution in [2.45, 2.75) is 36.6 Å². The lowest BCUT2D eigenvalue weighted by Gasteiger charge is -2.32. The molecule has 0 bridgehead atoms. The Balaban J connectivity index is 1.53. The number of aliphatic carboxylic acids is 1. The fourth-order valence-electron chi connectivity index (χ4n) is 4.39. The van der Waals surface area contributed by atoms with Crippen LogP contribution in [0.2, 0.25) is 0 Å². The fourth-order valence-corrected chi connectivity index (χ4v) is 5.49. The SMILES string of the molecule is CCOC(C(=O)O)=C(CC)c1ccc2oc(CN3c4ccccc4Sc4ccccc43)cc2c1. The molecule has 0 radical (unpaired) electrons. The summed E-state index contributed by atoms with van der Waals surface area (Å²) in [4.78, 5) is 16.5. The second-order valence-electron chi connectivity index (χ2n) is 7.99. The number of ether oxygens (including phenoxy) is 1. The lowest BCUT2D eigenvalue weighted by Crippen LogP contribution is -2.19. The van der Waals surface area contributed by atoms with Gasteiger partial charge in [-0.2, -0.15) is 0 Å². The van der Waals surface area contributed by atoms with Crippen LogP contribution >= 0.6 is 11.8 Å². The van der Waals surface area contributed by atoms with Crippen LogP contribution in [-0.4, -0.2) is 17.7 Å². The summed E-state index contributed by atoms with van der Waals surface area (Å²) in [5.41, 5.74) is 4.60. The predicted octanol–water partition coefficient (Wildman–Crippen LogP) is 7.48. The van der Waals surface area contributed by atoms with Gasteiger partial charge < -0.3 is 19.2 Å². The quantitative estimate of drug-likeness (QED) is 0.223. The first-order valence-corrected chi connectivity index (χ1v) is 12.2. The smallest absolute Gasteiger partial charge is 0.371 e. The fraction of sp³-hybridized carbons (Fsp3) is 0.179. The van der Waals surface area contributed by atoms with Gasteiger partial charge in [0.15, 0.2) is 0 Å². The van der Waals surface area contributed by atoms with Crippen LogP contribution in [-0.2, 0) is 16.1 Å². The van der Waals surface area contributed by atoms with E-state index in [2.05, 4.69) is 53.4 Å². The summed E-state index contributed by atoms with van der Waals surface area (Å²) in [7, 11) is 0. The van der Waals surface area contributed by atoms with Gasteiger partial charge in [0.05, 0.1) is 24.5 Å². The first-order chi connectivity index (χ1) is 16.6. The van der Waals surface area contributed by atoms with Crippen LogP contribution in [0.4, 0.5) is 11.4 Å². The molecule has 1 aliphatic rings. The standard InChI is InChI=1S/C28H25NO4S/c1-3-21(27(28(30)31)32-4-2)18-13-14-24-19(15-18)16-20(33-24)17-29-22-9-5-7-11-25(22)34-26-12-8-6-10-23(26)29/h5-16H,3-4,17H2,1-2H3,(H,30,31). The number of carboxylic acid groups (broad SMARTS) is 1. The average molecular weight is 472 g/mol. The van der Waals surface area contributed by atoms with Crippen LogP contribution in [0.3, 0.4) is 0 Å². The van der Waals surface area contributed by atoms with Gasteiger partial charge in [0, 0.05) is 20.8 Å². The van der Waals surface area contributed by atoms with Crippen molar-refractivity contribution in [3.8, 4) is 0 Å². The number of anilines is 2. The van der Waals surface area contributed by atoms with Crippen LogP contribution in [0.5, 0.6) is 0 Å². The molecule has 172 valence electrons. The molecule has 6 heteroatoms. The van der Waals surface area contributed by atoms with Crippen molar-refractivity contribution in [3.05, 3.63) is 89.9 Å². The van der Waals surface area contributed by atoms with Crippen molar-refractivity contribution in [3.63, 3.8) is 0 Å². The summed E-state index contributed by atoms with van der Waals surface area (Å²) >= 11 is 1.78. The normalized spacial score (nSPS) is 13.3. The van der Waals surface area contributed by atoms with Crippen LogP contribution in [0, 0.1) is 0 Å². The summed E-state index contributed by atoms with van der Waals surface area (Å²) in [6.07, 6.45) is 0.552. The van der Waals surface area contributed by atoms with Gasteiger partial charge in [0.1, 0.15) is 11.3 Å². The van der Waals surface area contributed by atoms with E-state index < -0.39 is 5.97 Å². The Bertz CT molecular complexity index is 1360. The van der Waals surface area contributed by atoms with Crippen LogP contribution in [0.15, 0.2) is 92.8 Å². The maximum Gasteiger partial charge on any atom is 0.371 e. The first kappa shape index (κ1) is 22.2. The van der Waals surface area contributed by atoms with Crippen molar-refractivity contribution >= 4 is 45.6 Å². The Kier molecular flexibility index (Phi) is 6.07. The summed E-state index contributed by atoms with van der Waals surface area (Å²) in [6.45, 7) is 4.62. The van der Waals surface area contributed by atoms with Crippen molar-refractivity contribution in [1.29, 1.82) is 0 Å². The number of hydrogen-bond donors (Lipinski definition) is 1. The zero-order chi connectivity index (χ0) is 23.7. The number of furan rings is 1. The molecule has 1 N–H and O–H groups in total. The van der Waals surface area contributed by atoms with E-state index in [1.807, 2.05) is 31.2 Å². The Labute approximate surface area is 202 Å². The number of carbonyl (C=O) groups is 1. The van der Waals surface area contributed by atoms with Gasteiger partial charge in [-0.05, 0) is 61.4 Å². The summed E-state index contributed by atoms with van der Waals surface area (Å²) in [6, 6.07) is 24.6. The zero-order valence-corrected chi connectivity index (χ0v) is 19.9. The van der Waals surface area contributed by atoms with E-state index in [0.29, 0.717) is 25.1 Å². The van der Waals surface area contributed by atoms with Crippen LogP contribution in [0.1, 0.15) is 31.6 Å². The number of allylic oxidation sites excluding steroid dienone is 1. The number of hydrogen-bond acceptors (Lipinski definition) is 5. The number of benzene rings is 3. The molecule has 0 saturated heterocycles. The summed E-state index contributed by atoms with van der Waals surface area (Å²) < 4.78 is 11.7. The molecule has 0 fully saturated rings. The van der Waals surface area contributed by atoms with Gasteiger partial charge in [0.25, 0.3) is 0 Å². The molecule has 5 rings (SSSR count). The summed E-state index contributed by atoms with van der Waals surface area (Å²) in [5, 5.41) is 10.6. The third-order valence-electron chi connectivity index (χ3n) is 5.87. The van der Waals surface area contributed by atoms with Gasteiger partial charge >= 0.3 is 5.97 Å². The molecule has 4 aromatic rings. The molecule has 5 nitrogen and oxygen atoms in total. The minimum absolute atomic E-state index is 0.00657. The Morgan fingerprint density at radius 1 is 0.971 bits per heavy atom. The predicted molar refractivity (Wildman–Crippen MR) is 136 cm³/mol. The molecule has 0 spiro atoms. The Morgan fingerprint density at radius 2 is 1.65 bits per heavy atom. The van der Waals surface area contributed by atoms with Crippen molar-refractivity contribution in [2.75, 3.05) is 11.5 Å². The number of fused-ring (bicyclic) bond motifs is 3. The highest BCUT2D eigenvalue weighted by atomic mass is 32.2. The van der Waals surface area contributed by atoms with E-state index in [-0.39, 0.29) is 5.76 Å². The monoisotopic (exact) mass is 471 g/mol. The zero-order valence-electron chi connectivity index (χ0n) is 19.1. The van der Waals surface area contributed by atoms with Crippen molar-refractivity contribution < 1.29 is 19.1 Å². The average Bonchev–Trinajstić information content (AvgIpc) is 3.25. The minimum atomic E-state index is -1.05. The lowest BCUT2D eigenvalue weighted by molar-refractivity contribution is -0.136. The molecule has 0 atom stereocenters. The highest BCUT2D eigenvalue weighted by Crippen LogP contribution is 2.48. The third kappa shape index (κ3) is 4.05. The highest BCUT2D eigenvalue weighted by Gasteiger charge is 2.24. The van der Waals surface area contributed by atoms with E-state index in [4.69, 9.17) is 9.15 Å². The topological polar surface area (TPSA) is 62.9 Å². The van der Waals surface area contributed by atoms with Gasteiger partial charge in [-0.25, -0.2) is 4.79 Å². The van der Waals surface area contributed by atoms with Gasteiger partial charge in [0.2, 0.25) is 5.76 Å². The molecule has 0 unspecified atom stereocenters. The van der Waals surface area contributed by atoms with E-state index in [9.17, 15) is 9.90 Å². The Morgan fingerprint density at radius 3 is 2.26 bits per heavy atom. The van der Waals surface area contributed by atoms with E-state index >= 15 is 0 Å². The van der Waals surface area contributed by atoms with Gasteiger partial charge in [-0.15, -0.1) is 0 Å². The largest absolute Gasteiger partial charge is 0.487 e. The van der Waals surface area contributed by atoms with Gasteiger partial charge in [-0.1, -0.05) is 49.0 Å². The Hall–Kier alpha value is -3.64. The van der Waals surface area contributed by atoms with Crippen LogP contribution in [0.25, 0.3) is 16.5 Å². The molecular weight excluding hydrogens is 446 g/mol. The molecule has 3 aromatic carbocycles. The maximum absolute atomic E-state index is 11.7. The molecule has 0 amide bonds. The second-order valence-corrected chi connectivity index (χ2v) is 9.07. The molecular formula is C28H25NO4S. The van der Waals surface area contributed by atoms with Crippen molar-refractivity contribution in [2.24, 2.45) is 0 Å². The van der Waals surface area contributed by atoms with E-state index in [0.717, 1.165) is 33.7 Å². The third-order valence-corrected chi connectivity index (χ3v) is 7.00. The molecule has 0 aliphatic carbocycles. The first-order valence-electron chi connectivity index (χ1n) is 11.3. The molecule has 34 heavy (non-hydrogen) atoms.